The first-order valence-corrected chi connectivity index (χ1v) is 51.2. The van der Waals surface area contributed by atoms with Gasteiger partial charge in [-0.25, -0.2) is 19.1 Å². The molecular formula is C110H213N18O2+7. The Morgan fingerprint density at radius 1 is 0.338 bits per heavy atom. The summed E-state index contributed by atoms with van der Waals surface area (Å²) in [5, 5.41) is 15.4. The van der Waals surface area contributed by atoms with Gasteiger partial charge in [-0.2, -0.15) is 9.67 Å². The standard InChI is InChI=1S/C13H28N.C12H20N.C11H24NO.C11H24N.3C10H17N2.2C9H18N2.C8H15NO.C7H15N3/c1-8-14(7)12(5)10(3)9(2)11(4)13(14)6;1-7-13-11(5)9(3)8(2)10(4)12(13)6;1-7-12(6)8(2)10(4)13-11(5)9(12)3;1-7-12(6)10(4)8(2)9(3)11(12)5;1-6-12-9(4)7(2)11-8(3)10(12)5;1-6-12-9(4)7(2)8(3)11-10(12)5;1-6-12-10(5)8(3)7(2)9(4)11-12;1-6-11-8(3)7(2)10(5)9(11)4;1-6-11-9(4)7(2)8(3)10(11)5;1-5-9-6(2)7(3)10-8(9)4;1-5-10-6(2)8-9(4)7(10)3/h9-13H,8H2,1-7H3;7H2,1-6H3;8-11H,7H2,1-6H3;8-11H,7H2,1-6H3;3*6H2,1-5H3;9H,6H2,1-5H3;8H,6H2,1-5H3;8H,5H2,1-4H3;7H,5H2,1-4H3/q7*+1;;;;. The third kappa shape index (κ3) is 28.2. The molecule has 0 aliphatic carbocycles. The molecule has 7 aliphatic heterocycles. The predicted molar refractivity (Wildman–Crippen MR) is 556 cm³/mol. The largest absolute Gasteiger partial charge is 0.474 e. The SMILES string of the molecule is CCN1C(C)=C(C)C(C)N1C.CCN1C(C)=C(C)N(C)C1C.CCN1C(C)=C(C)OC1C.CCN1C(C)=NN(C)C1C.CC[N+]1(C)C(C)C(C)C(C)C(C)C1C.CC[N+]1(C)C(C)C(C)C(C)C1C.CC[N+]1(C)C(C)C(C)OC(C)C1C.CC[n+]1c(C)c(C)c(C)c(C)c1C.CC[n+]1c(C)c(C)nc(C)c1C.CC[n+]1c(C)nc(C)c(C)c1C.CC[n+]1nc(C)c(C)c(C)c1C. The molecule has 20 heteroatoms. The number of hydrogen-bond acceptors (Lipinski definition) is 13. The number of pyridine rings is 1. The van der Waals surface area contributed by atoms with Crippen molar-refractivity contribution in [1.29, 1.82) is 0 Å². The summed E-state index contributed by atoms with van der Waals surface area (Å²) in [5.41, 5.74) is 27.9. The molecule has 0 spiro atoms. The van der Waals surface area contributed by atoms with Gasteiger partial charge in [0, 0.05) is 165 Å². The van der Waals surface area contributed by atoms with Gasteiger partial charge in [0.2, 0.25) is 5.69 Å². The zero-order valence-electron chi connectivity index (χ0n) is 96.5. The molecule has 748 valence electrons. The molecular weight excluding hydrogens is 1610 g/mol. The van der Waals surface area contributed by atoms with E-state index in [1.54, 1.807) is 0 Å². The minimum absolute atomic E-state index is 0.241. The number of amidine groups is 1. The number of likely N-dealkylation sites (N-methyl/N-ethyl adjacent to an activating group) is 2. The minimum Gasteiger partial charge on any atom is -0.474 e. The molecule has 4 aromatic rings. The van der Waals surface area contributed by atoms with Crippen molar-refractivity contribution in [3.63, 3.8) is 0 Å². The van der Waals surface area contributed by atoms with Crippen molar-refractivity contribution < 1.29 is 41.3 Å². The number of hydrogen-bond donors (Lipinski definition) is 0. The monoisotopic (exact) mass is 1820 g/mol. The Kier molecular flexibility index (Phi) is 49.9. The van der Waals surface area contributed by atoms with E-state index in [9.17, 15) is 0 Å². The molecule has 0 N–H and O–H groups in total. The zero-order chi connectivity index (χ0) is 102. The molecule has 0 saturated carbocycles. The van der Waals surface area contributed by atoms with Crippen LogP contribution in [0.25, 0.3) is 0 Å². The molecule has 0 amide bonds. The minimum atomic E-state index is 0.241. The van der Waals surface area contributed by atoms with Gasteiger partial charge in [-0.3, -0.25) is 5.01 Å². The Morgan fingerprint density at radius 2 is 0.715 bits per heavy atom. The number of morpholine rings is 1. The number of aryl methyl sites for hydroxylation is 6. The van der Waals surface area contributed by atoms with E-state index >= 15 is 0 Å². The van der Waals surface area contributed by atoms with Crippen molar-refractivity contribution in [2.75, 3.05) is 88.1 Å². The summed E-state index contributed by atoms with van der Waals surface area (Å²) in [5.74, 6) is 7.63. The average molecular weight is 1820 g/mol. The number of ether oxygens (including phenoxy) is 2. The van der Waals surface area contributed by atoms with Gasteiger partial charge in [0.1, 0.15) is 77.9 Å². The van der Waals surface area contributed by atoms with Crippen LogP contribution in [0, 0.1) is 147 Å². The highest BCUT2D eigenvalue weighted by molar-refractivity contribution is 5.80. The van der Waals surface area contributed by atoms with Crippen LogP contribution in [0.4, 0.5) is 0 Å². The second-order valence-electron chi connectivity index (χ2n) is 40.4. The lowest BCUT2D eigenvalue weighted by molar-refractivity contribution is -0.966. The second-order valence-corrected chi connectivity index (χ2v) is 40.4. The van der Waals surface area contributed by atoms with Crippen LogP contribution in [0.5, 0.6) is 0 Å². The quantitative estimate of drug-likeness (QED) is 0.105. The van der Waals surface area contributed by atoms with E-state index in [2.05, 4.69) is 450 Å². The molecule has 130 heavy (non-hydrogen) atoms. The van der Waals surface area contributed by atoms with Gasteiger partial charge in [-0.05, 0) is 305 Å². The number of quaternary nitrogens is 3. The molecule has 11 heterocycles. The molecule has 0 bridgehead atoms. The number of piperidine rings is 1. The molecule has 16 unspecified atom stereocenters. The van der Waals surface area contributed by atoms with Crippen LogP contribution in [0.3, 0.4) is 0 Å². The lowest BCUT2D eigenvalue weighted by Crippen LogP contribution is -2.67. The van der Waals surface area contributed by atoms with Crippen LogP contribution in [0.15, 0.2) is 39.2 Å². The van der Waals surface area contributed by atoms with Crippen LogP contribution >= 0.6 is 0 Å². The van der Waals surface area contributed by atoms with E-state index in [0.717, 1.165) is 151 Å². The molecule has 4 aromatic heterocycles. The van der Waals surface area contributed by atoms with Gasteiger partial charge >= 0.3 is 0 Å². The third-order valence-corrected chi connectivity index (χ3v) is 35.7. The lowest BCUT2D eigenvalue weighted by Gasteiger charge is -2.55. The number of nitrogens with zero attached hydrogens (tertiary/aromatic N) is 18. The number of aromatic nitrogens is 7. The molecule has 11 rings (SSSR count). The van der Waals surface area contributed by atoms with Crippen LogP contribution in [-0.4, -0.2) is 230 Å². The van der Waals surface area contributed by atoms with Gasteiger partial charge in [0.05, 0.1) is 83.4 Å². The third-order valence-electron chi connectivity index (χ3n) is 35.7. The summed E-state index contributed by atoms with van der Waals surface area (Å²) in [6.07, 6.45) is 1.99. The number of allylic oxidation sites excluding steroid dienone is 5. The Morgan fingerprint density at radius 3 is 1.00 bits per heavy atom. The highest BCUT2D eigenvalue weighted by Gasteiger charge is 2.51. The maximum Gasteiger partial charge on any atom is 0.295 e. The molecule has 0 aromatic carbocycles. The first-order chi connectivity index (χ1) is 60.0. The van der Waals surface area contributed by atoms with E-state index in [1.165, 1.54) is 125 Å². The van der Waals surface area contributed by atoms with Crippen molar-refractivity contribution in [3.8, 4) is 0 Å². The molecule has 0 radical (unpaired) electrons. The summed E-state index contributed by atoms with van der Waals surface area (Å²) in [4.78, 5) is 18.2. The van der Waals surface area contributed by atoms with E-state index < -0.39 is 0 Å². The van der Waals surface area contributed by atoms with Gasteiger partial charge in [-0.1, -0.05) is 44.3 Å². The highest BCUT2D eigenvalue weighted by Crippen LogP contribution is 2.42. The smallest absolute Gasteiger partial charge is 0.295 e. The predicted octanol–water partition coefficient (Wildman–Crippen LogP) is 21.7. The first-order valence-electron chi connectivity index (χ1n) is 51.2. The van der Waals surface area contributed by atoms with Crippen molar-refractivity contribution in [2.24, 2.45) is 34.7 Å². The molecule has 20 nitrogen and oxygen atoms in total. The van der Waals surface area contributed by atoms with E-state index in [1.807, 2.05) is 25.9 Å². The maximum absolute atomic E-state index is 5.89. The Bertz CT molecular complexity index is 4190. The van der Waals surface area contributed by atoms with Gasteiger partial charge in [0.25, 0.3) is 5.82 Å². The van der Waals surface area contributed by atoms with Gasteiger partial charge in [0.15, 0.2) is 41.2 Å². The van der Waals surface area contributed by atoms with E-state index in [-0.39, 0.29) is 6.23 Å². The highest BCUT2D eigenvalue weighted by atomic mass is 16.5. The first kappa shape index (κ1) is 122. The molecule has 16 atom stereocenters. The van der Waals surface area contributed by atoms with Gasteiger partial charge in [-0.15, -0.1) is 0 Å². The number of hydrazine groups is 1. The summed E-state index contributed by atoms with van der Waals surface area (Å²) in [7, 11) is 13.5. The van der Waals surface area contributed by atoms with E-state index in [0.29, 0.717) is 42.7 Å². The van der Waals surface area contributed by atoms with Crippen molar-refractivity contribution in [1.82, 2.24) is 49.7 Å². The summed E-state index contributed by atoms with van der Waals surface area (Å²) in [6, 6.07) is 5.07. The fourth-order valence-electron chi connectivity index (χ4n) is 21.3. The average Bonchev–Trinajstić information content (AvgIpc) is 1.55. The topological polar surface area (TPSA) is 108 Å². The van der Waals surface area contributed by atoms with Crippen molar-refractivity contribution in [3.05, 3.63) is 130 Å². The maximum atomic E-state index is 5.89. The fourth-order valence-corrected chi connectivity index (χ4v) is 21.3. The van der Waals surface area contributed by atoms with Crippen molar-refractivity contribution in [2.45, 2.75) is 459 Å². The summed E-state index contributed by atoms with van der Waals surface area (Å²) < 4.78 is 24.0. The molecule has 3 fully saturated rings. The Labute approximate surface area is 804 Å². The Hall–Kier alpha value is -6.32. The number of hydrazone groups is 1. The van der Waals surface area contributed by atoms with Crippen LogP contribution in [-0.2, 0) is 35.7 Å². The van der Waals surface area contributed by atoms with Crippen LogP contribution < -0.4 is 18.4 Å². The second kappa shape index (κ2) is 53.3. The Balaban J connectivity index is 0.000000716. The number of rotatable bonds is 11. The summed E-state index contributed by atoms with van der Waals surface area (Å²) >= 11 is 0. The normalized spacial score (nSPS) is 28.4. The van der Waals surface area contributed by atoms with Gasteiger partial charge < -0.3 is 47.5 Å². The zero-order valence-corrected chi connectivity index (χ0v) is 96.5. The number of likely N-dealkylation sites (tertiary alicyclic amines) is 2. The van der Waals surface area contributed by atoms with Crippen LogP contribution in [0.1, 0.15) is 338 Å². The lowest BCUT2D eigenvalue weighted by atomic mass is 9.71. The fraction of sp³-hybridized carbons (Fsp3) is 0.782. The van der Waals surface area contributed by atoms with Crippen LogP contribution in [0.2, 0.25) is 0 Å². The summed E-state index contributed by atoms with van der Waals surface area (Å²) in [6.45, 7) is 127. The molecule has 7 aliphatic rings. The van der Waals surface area contributed by atoms with Crippen molar-refractivity contribution >= 4 is 5.84 Å². The van der Waals surface area contributed by atoms with E-state index in [4.69, 9.17) is 9.47 Å². The molecule has 3 saturated heterocycles.